The normalized spacial score (nSPS) is 15.4. The molecule has 1 amide bonds. The van der Waals surface area contributed by atoms with E-state index in [1.807, 2.05) is 0 Å². The average molecular weight is 421 g/mol. The lowest BCUT2D eigenvalue weighted by Crippen LogP contribution is -2.46. The molecule has 2 aromatic heterocycles. The molecule has 1 aromatic carbocycles. The molecular weight excluding hydrogens is 397 g/mol. The summed E-state index contributed by atoms with van der Waals surface area (Å²) in [4.78, 5) is 19.4. The summed E-state index contributed by atoms with van der Waals surface area (Å²) in [6.45, 7) is 0. The Kier molecular flexibility index (Phi) is 6.14. The van der Waals surface area contributed by atoms with Gasteiger partial charge in [-0.25, -0.2) is 9.37 Å². The quantitative estimate of drug-likeness (QED) is 0.561. The van der Waals surface area contributed by atoms with Crippen molar-refractivity contribution in [2.45, 2.75) is 50.6 Å². The van der Waals surface area contributed by atoms with Gasteiger partial charge in [-0.3, -0.25) is 4.79 Å². The minimum Gasteiger partial charge on any atom is -0.453 e. The predicted molar refractivity (Wildman–Crippen MR) is 114 cm³/mol. The number of aromatic nitrogens is 2. The minimum absolute atomic E-state index is 0.0153. The summed E-state index contributed by atoms with van der Waals surface area (Å²) in [6.07, 6.45) is 8.69. The molecule has 160 valence electrons. The van der Waals surface area contributed by atoms with Gasteiger partial charge in [0.15, 0.2) is 11.6 Å². The zero-order valence-electron chi connectivity index (χ0n) is 17.0. The van der Waals surface area contributed by atoms with Crippen molar-refractivity contribution in [2.75, 3.05) is 0 Å². The number of pyridine rings is 1. The Morgan fingerprint density at radius 3 is 2.87 bits per heavy atom. The summed E-state index contributed by atoms with van der Waals surface area (Å²) < 4.78 is 20.4. The molecule has 1 unspecified atom stereocenters. The Morgan fingerprint density at radius 1 is 1.32 bits per heavy atom. The van der Waals surface area contributed by atoms with Crippen molar-refractivity contribution in [1.82, 2.24) is 15.3 Å². The van der Waals surface area contributed by atoms with Crippen LogP contribution >= 0.6 is 0 Å². The molecule has 2 heterocycles. The number of hydrogen-bond donors (Lipinski definition) is 3. The number of carbonyl (C=O) groups excluding carboxylic acids is 1. The SMILES string of the molecule is N#Cc1c[nH]c2nccc(Oc3ccc(CC(N)C(=O)NC4CCCCC4)cc3F)c12. The second kappa shape index (κ2) is 9.14. The first-order chi connectivity index (χ1) is 15.0. The van der Waals surface area contributed by atoms with E-state index in [0.29, 0.717) is 27.9 Å². The zero-order valence-corrected chi connectivity index (χ0v) is 17.0. The standard InChI is InChI=1S/C23H24FN5O2/c24-17-10-14(11-18(26)23(30)29-16-4-2-1-3-5-16)6-7-19(17)31-20-8-9-27-22-21(20)15(12-25)13-28-22/h6-10,13,16,18H,1-5,11,26H2,(H,27,28)(H,29,30). The van der Waals surface area contributed by atoms with E-state index < -0.39 is 11.9 Å². The summed E-state index contributed by atoms with van der Waals surface area (Å²) in [5.41, 5.74) is 7.51. The third-order valence-corrected chi connectivity index (χ3v) is 5.62. The van der Waals surface area contributed by atoms with E-state index in [-0.39, 0.29) is 24.1 Å². The predicted octanol–water partition coefficient (Wildman–Crippen LogP) is 3.68. The lowest BCUT2D eigenvalue weighted by Gasteiger charge is -2.24. The highest BCUT2D eigenvalue weighted by molar-refractivity contribution is 5.88. The van der Waals surface area contributed by atoms with Gasteiger partial charge in [0.05, 0.1) is 17.0 Å². The van der Waals surface area contributed by atoms with Crippen molar-refractivity contribution >= 4 is 16.9 Å². The van der Waals surface area contributed by atoms with E-state index >= 15 is 0 Å². The van der Waals surface area contributed by atoms with Crippen LogP contribution in [-0.2, 0) is 11.2 Å². The first-order valence-corrected chi connectivity index (χ1v) is 10.4. The molecule has 4 N–H and O–H groups in total. The van der Waals surface area contributed by atoms with Crippen molar-refractivity contribution in [2.24, 2.45) is 5.73 Å². The van der Waals surface area contributed by atoms with Crippen LogP contribution in [0.15, 0.2) is 36.7 Å². The number of rotatable bonds is 6. The highest BCUT2D eigenvalue weighted by atomic mass is 19.1. The van der Waals surface area contributed by atoms with Crippen molar-refractivity contribution in [3.05, 3.63) is 53.6 Å². The summed E-state index contributed by atoms with van der Waals surface area (Å²) in [7, 11) is 0. The van der Waals surface area contributed by atoms with Gasteiger partial charge in [-0.1, -0.05) is 25.3 Å². The highest BCUT2D eigenvalue weighted by Gasteiger charge is 2.21. The van der Waals surface area contributed by atoms with E-state index in [4.69, 9.17) is 10.5 Å². The lowest BCUT2D eigenvalue weighted by atomic mass is 9.95. The molecule has 0 aliphatic heterocycles. The molecule has 8 heteroatoms. The number of nitrogens with zero attached hydrogens (tertiary/aromatic N) is 2. The number of halogens is 1. The third-order valence-electron chi connectivity index (χ3n) is 5.62. The Bertz CT molecular complexity index is 1130. The molecule has 0 saturated heterocycles. The van der Waals surface area contributed by atoms with Crippen LogP contribution in [0.2, 0.25) is 0 Å². The maximum Gasteiger partial charge on any atom is 0.237 e. The van der Waals surface area contributed by atoms with Gasteiger partial charge in [0, 0.05) is 18.4 Å². The van der Waals surface area contributed by atoms with Crippen molar-refractivity contribution in [3.63, 3.8) is 0 Å². The summed E-state index contributed by atoms with van der Waals surface area (Å²) >= 11 is 0. The monoisotopic (exact) mass is 421 g/mol. The molecular formula is C23H24FN5O2. The van der Waals surface area contributed by atoms with Gasteiger partial charge >= 0.3 is 0 Å². The smallest absolute Gasteiger partial charge is 0.237 e. The summed E-state index contributed by atoms with van der Waals surface area (Å²) in [5, 5.41) is 12.8. The Hall–Kier alpha value is -3.44. The third kappa shape index (κ3) is 4.67. The molecule has 1 saturated carbocycles. The Morgan fingerprint density at radius 2 is 2.13 bits per heavy atom. The van der Waals surface area contributed by atoms with E-state index in [0.717, 1.165) is 25.7 Å². The molecule has 31 heavy (non-hydrogen) atoms. The summed E-state index contributed by atoms with van der Waals surface area (Å²) in [5.74, 6) is -0.431. The molecule has 1 fully saturated rings. The number of fused-ring (bicyclic) bond motifs is 1. The second-order valence-corrected chi connectivity index (χ2v) is 7.87. The van der Waals surface area contributed by atoms with Crippen LogP contribution in [0, 0.1) is 17.1 Å². The van der Waals surface area contributed by atoms with Gasteiger partial charge in [0.2, 0.25) is 5.91 Å². The van der Waals surface area contributed by atoms with E-state index in [2.05, 4.69) is 21.4 Å². The fourth-order valence-corrected chi connectivity index (χ4v) is 3.97. The zero-order chi connectivity index (χ0) is 21.8. The molecule has 4 rings (SSSR count). The molecule has 1 aliphatic rings. The summed E-state index contributed by atoms with van der Waals surface area (Å²) in [6, 6.07) is 7.60. The number of hydrogen-bond acceptors (Lipinski definition) is 5. The Labute approximate surface area is 179 Å². The fraction of sp³-hybridized carbons (Fsp3) is 0.348. The van der Waals surface area contributed by atoms with Gasteiger partial charge in [0.1, 0.15) is 17.5 Å². The molecule has 3 aromatic rings. The lowest BCUT2D eigenvalue weighted by molar-refractivity contribution is -0.123. The van der Waals surface area contributed by atoms with Crippen molar-refractivity contribution < 1.29 is 13.9 Å². The number of benzene rings is 1. The van der Waals surface area contributed by atoms with Crippen LogP contribution in [-0.4, -0.2) is 28.0 Å². The number of aromatic amines is 1. The maximum absolute atomic E-state index is 14.7. The molecule has 1 aliphatic carbocycles. The number of nitriles is 1. The van der Waals surface area contributed by atoms with E-state index in [9.17, 15) is 14.4 Å². The fourth-order valence-electron chi connectivity index (χ4n) is 3.97. The minimum atomic E-state index is -0.744. The largest absolute Gasteiger partial charge is 0.453 e. The van der Waals surface area contributed by atoms with Crippen LogP contribution in [0.5, 0.6) is 11.5 Å². The number of ether oxygens (including phenoxy) is 1. The van der Waals surface area contributed by atoms with Crippen LogP contribution in [0.1, 0.15) is 43.2 Å². The van der Waals surface area contributed by atoms with Crippen molar-refractivity contribution in [1.29, 1.82) is 5.26 Å². The van der Waals surface area contributed by atoms with Gasteiger partial charge in [-0.2, -0.15) is 5.26 Å². The van der Waals surface area contributed by atoms with Gasteiger partial charge < -0.3 is 20.8 Å². The second-order valence-electron chi connectivity index (χ2n) is 7.87. The Balaban J connectivity index is 1.44. The maximum atomic E-state index is 14.7. The number of carbonyl (C=O) groups is 1. The van der Waals surface area contributed by atoms with Crippen molar-refractivity contribution in [3.8, 4) is 17.6 Å². The van der Waals surface area contributed by atoms with Crippen LogP contribution in [0.25, 0.3) is 11.0 Å². The van der Waals surface area contributed by atoms with Gasteiger partial charge in [-0.05, 0) is 43.0 Å². The molecule has 0 radical (unpaired) electrons. The molecule has 7 nitrogen and oxygen atoms in total. The van der Waals surface area contributed by atoms with Crippen LogP contribution < -0.4 is 15.8 Å². The number of nitrogens with two attached hydrogens (primary N) is 1. The highest BCUT2D eigenvalue weighted by Crippen LogP contribution is 2.32. The number of nitrogens with one attached hydrogen (secondary N) is 2. The van der Waals surface area contributed by atoms with Gasteiger partial charge in [-0.15, -0.1) is 0 Å². The van der Waals surface area contributed by atoms with E-state index in [1.54, 1.807) is 12.1 Å². The topological polar surface area (TPSA) is 117 Å². The first-order valence-electron chi connectivity index (χ1n) is 10.4. The van der Waals surface area contributed by atoms with Gasteiger partial charge in [0.25, 0.3) is 0 Å². The van der Waals surface area contributed by atoms with E-state index in [1.165, 1.54) is 30.9 Å². The first kappa shape index (κ1) is 20.8. The molecule has 0 bridgehead atoms. The molecule has 0 spiro atoms. The van der Waals surface area contributed by atoms with Crippen LogP contribution in [0.4, 0.5) is 4.39 Å². The number of amides is 1. The molecule has 1 atom stereocenters. The average Bonchev–Trinajstić information content (AvgIpc) is 3.20. The van der Waals surface area contributed by atoms with Crippen LogP contribution in [0.3, 0.4) is 0 Å². The number of H-pyrrole nitrogens is 1.